The molecule has 0 N–H and O–H groups in total. The Morgan fingerprint density at radius 1 is 1.24 bits per heavy atom. The highest BCUT2D eigenvalue weighted by molar-refractivity contribution is 6.01. The van der Waals surface area contributed by atoms with E-state index in [0.29, 0.717) is 5.39 Å². The number of carbonyl (C=O) groups excluding carboxylic acids is 1. The van der Waals surface area contributed by atoms with Crippen molar-refractivity contribution in [3.8, 4) is 0 Å². The summed E-state index contributed by atoms with van der Waals surface area (Å²) in [6.45, 7) is 3.53. The first-order chi connectivity index (χ1) is 8.08. The number of para-hydroxylation sites is 1. The first-order valence-electron chi connectivity index (χ1n) is 5.32. The minimum absolute atomic E-state index is 0.215. The van der Waals surface area contributed by atoms with Crippen LogP contribution in [-0.2, 0) is 4.74 Å². The van der Waals surface area contributed by atoms with E-state index in [1.807, 2.05) is 0 Å². The molecule has 0 bridgehead atoms. The van der Waals surface area contributed by atoms with Gasteiger partial charge in [-0.25, -0.2) is 9.59 Å². The molecule has 1 aromatic heterocycles. The maximum absolute atomic E-state index is 11.8. The lowest BCUT2D eigenvalue weighted by molar-refractivity contribution is 0.0379. The molecule has 88 valence electrons. The van der Waals surface area contributed by atoms with Gasteiger partial charge >= 0.3 is 11.6 Å². The fraction of sp³-hybridized carbons (Fsp3) is 0.231. The third-order valence-corrected chi connectivity index (χ3v) is 2.21. The number of fused-ring (bicyclic) bond motifs is 1. The van der Waals surface area contributed by atoms with Gasteiger partial charge in [0.1, 0.15) is 5.56 Å². The average molecular weight is 232 g/mol. The fourth-order valence-electron chi connectivity index (χ4n) is 1.53. The van der Waals surface area contributed by atoms with Crippen LogP contribution in [0.25, 0.3) is 11.0 Å². The van der Waals surface area contributed by atoms with Gasteiger partial charge in [-0.3, -0.25) is 0 Å². The van der Waals surface area contributed by atoms with Crippen molar-refractivity contribution < 1.29 is 13.9 Å². The normalized spacial score (nSPS) is 10.8. The number of rotatable bonds is 2. The van der Waals surface area contributed by atoms with E-state index in [2.05, 4.69) is 0 Å². The van der Waals surface area contributed by atoms with Crippen LogP contribution in [0.15, 0.2) is 39.5 Å². The lowest BCUT2D eigenvalue weighted by Crippen LogP contribution is -2.12. The Balaban J connectivity index is 2.57. The van der Waals surface area contributed by atoms with E-state index in [9.17, 15) is 9.59 Å². The SMILES string of the molecule is CC(C)OC(=O)c1cccc2ccc(=O)oc12. The van der Waals surface area contributed by atoms with Crippen LogP contribution in [0.5, 0.6) is 0 Å². The van der Waals surface area contributed by atoms with Crippen molar-refractivity contribution >= 4 is 16.9 Å². The van der Waals surface area contributed by atoms with Crippen LogP contribution in [-0.4, -0.2) is 12.1 Å². The first kappa shape index (κ1) is 11.4. The molecule has 0 atom stereocenters. The number of esters is 1. The maximum atomic E-state index is 11.8. The Kier molecular flexibility index (Phi) is 2.95. The molecule has 17 heavy (non-hydrogen) atoms. The predicted molar refractivity (Wildman–Crippen MR) is 63.0 cm³/mol. The molecule has 2 aromatic rings. The molecule has 0 fully saturated rings. The van der Waals surface area contributed by atoms with E-state index >= 15 is 0 Å². The van der Waals surface area contributed by atoms with Gasteiger partial charge in [0.25, 0.3) is 0 Å². The molecular formula is C13H12O4. The predicted octanol–water partition coefficient (Wildman–Crippen LogP) is 2.36. The summed E-state index contributed by atoms with van der Waals surface area (Å²) < 4.78 is 10.1. The summed E-state index contributed by atoms with van der Waals surface area (Å²) in [6, 6.07) is 8.01. The van der Waals surface area contributed by atoms with Crippen molar-refractivity contribution in [3.63, 3.8) is 0 Å². The van der Waals surface area contributed by atoms with Crippen LogP contribution in [0.1, 0.15) is 24.2 Å². The van der Waals surface area contributed by atoms with Crippen molar-refractivity contribution in [2.75, 3.05) is 0 Å². The van der Waals surface area contributed by atoms with E-state index in [4.69, 9.17) is 9.15 Å². The molecule has 1 aromatic carbocycles. The molecule has 0 aliphatic rings. The van der Waals surface area contributed by atoms with Gasteiger partial charge in [0.05, 0.1) is 6.10 Å². The Hall–Kier alpha value is -2.10. The lowest BCUT2D eigenvalue weighted by atomic mass is 10.1. The summed E-state index contributed by atoms with van der Waals surface area (Å²) in [5, 5.41) is 0.697. The summed E-state index contributed by atoms with van der Waals surface area (Å²) in [6.07, 6.45) is -0.215. The topological polar surface area (TPSA) is 56.5 Å². The summed E-state index contributed by atoms with van der Waals surface area (Å²) in [4.78, 5) is 23.0. The number of carbonyl (C=O) groups is 1. The molecule has 4 heteroatoms. The van der Waals surface area contributed by atoms with E-state index in [-0.39, 0.29) is 17.3 Å². The Morgan fingerprint density at radius 2 is 2.00 bits per heavy atom. The number of hydrogen-bond acceptors (Lipinski definition) is 4. The quantitative estimate of drug-likeness (QED) is 0.589. The molecule has 0 aliphatic heterocycles. The third kappa shape index (κ3) is 2.36. The Labute approximate surface area is 97.8 Å². The number of benzene rings is 1. The smallest absolute Gasteiger partial charge is 0.342 e. The molecule has 0 spiro atoms. The van der Waals surface area contributed by atoms with E-state index in [0.717, 1.165) is 0 Å². The Bertz CT molecular complexity index is 610. The van der Waals surface area contributed by atoms with Crippen molar-refractivity contribution in [1.29, 1.82) is 0 Å². The maximum Gasteiger partial charge on any atom is 0.342 e. The van der Waals surface area contributed by atoms with Gasteiger partial charge in [-0.05, 0) is 26.0 Å². The highest BCUT2D eigenvalue weighted by Gasteiger charge is 2.14. The second kappa shape index (κ2) is 4.41. The second-order valence-electron chi connectivity index (χ2n) is 3.93. The number of hydrogen-bond donors (Lipinski definition) is 0. The first-order valence-corrected chi connectivity index (χ1v) is 5.32. The lowest BCUT2D eigenvalue weighted by Gasteiger charge is -2.08. The monoisotopic (exact) mass is 232 g/mol. The summed E-state index contributed by atoms with van der Waals surface area (Å²) in [7, 11) is 0. The highest BCUT2D eigenvalue weighted by Crippen LogP contribution is 2.18. The molecule has 0 saturated carbocycles. The van der Waals surface area contributed by atoms with Crippen LogP contribution in [0, 0.1) is 0 Å². The molecular weight excluding hydrogens is 220 g/mol. The highest BCUT2D eigenvalue weighted by atomic mass is 16.5. The van der Waals surface area contributed by atoms with Crippen LogP contribution in [0.4, 0.5) is 0 Å². The van der Waals surface area contributed by atoms with Gasteiger partial charge in [0, 0.05) is 11.5 Å². The van der Waals surface area contributed by atoms with Crippen LogP contribution in [0.2, 0.25) is 0 Å². The fourth-order valence-corrected chi connectivity index (χ4v) is 1.53. The van der Waals surface area contributed by atoms with E-state index in [1.54, 1.807) is 38.1 Å². The van der Waals surface area contributed by atoms with Gasteiger partial charge in [-0.15, -0.1) is 0 Å². The molecule has 0 saturated heterocycles. The zero-order chi connectivity index (χ0) is 12.4. The van der Waals surface area contributed by atoms with Gasteiger partial charge in [-0.1, -0.05) is 12.1 Å². The van der Waals surface area contributed by atoms with E-state index < -0.39 is 11.6 Å². The van der Waals surface area contributed by atoms with Crippen molar-refractivity contribution in [2.24, 2.45) is 0 Å². The zero-order valence-corrected chi connectivity index (χ0v) is 9.60. The molecule has 0 amide bonds. The van der Waals surface area contributed by atoms with Crippen molar-refractivity contribution in [3.05, 3.63) is 46.3 Å². The molecule has 1 heterocycles. The summed E-state index contributed by atoms with van der Waals surface area (Å²) in [5.74, 6) is -0.486. The summed E-state index contributed by atoms with van der Waals surface area (Å²) >= 11 is 0. The molecule has 0 unspecified atom stereocenters. The average Bonchev–Trinajstić information content (AvgIpc) is 2.27. The largest absolute Gasteiger partial charge is 0.459 e. The van der Waals surface area contributed by atoms with E-state index in [1.165, 1.54) is 6.07 Å². The summed E-state index contributed by atoms with van der Waals surface area (Å²) in [5.41, 5.74) is 0.0573. The van der Waals surface area contributed by atoms with Gasteiger partial charge in [-0.2, -0.15) is 0 Å². The minimum atomic E-state index is -0.486. The number of ether oxygens (including phenoxy) is 1. The van der Waals surface area contributed by atoms with Crippen LogP contribution in [0.3, 0.4) is 0 Å². The van der Waals surface area contributed by atoms with Crippen molar-refractivity contribution in [2.45, 2.75) is 20.0 Å². The van der Waals surface area contributed by atoms with Gasteiger partial charge in [0.15, 0.2) is 5.58 Å². The molecule has 2 rings (SSSR count). The zero-order valence-electron chi connectivity index (χ0n) is 9.60. The second-order valence-corrected chi connectivity index (χ2v) is 3.93. The molecule has 0 radical (unpaired) electrons. The van der Waals surface area contributed by atoms with Crippen LogP contribution >= 0.6 is 0 Å². The third-order valence-electron chi connectivity index (χ3n) is 2.21. The Morgan fingerprint density at radius 3 is 2.71 bits per heavy atom. The molecule has 4 nitrogen and oxygen atoms in total. The molecule has 0 aliphatic carbocycles. The van der Waals surface area contributed by atoms with Crippen molar-refractivity contribution in [1.82, 2.24) is 0 Å². The standard InChI is InChI=1S/C13H12O4/c1-8(2)16-13(15)10-5-3-4-9-6-7-11(14)17-12(9)10/h3-8H,1-2H3. The van der Waals surface area contributed by atoms with Gasteiger partial charge < -0.3 is 9.15 Å². The minimum Gasteiger partial charge on any atom is -0.459 e. The van der Waals surface area contributed by atoms with Crippen LogP contribution < -0.4 is 5.63 Å². The van der Waals surface area contributed by atoms with Gasteiger partial charge in [0.2, 0.25) is 0 Å².